The largest absolute Gasteiger partial charge is 0.481 e. The molecule has 0 atom stereocenters. The smallest absolute Gasteiger partial charge is 0.262 e. The molecular formula is C22H23N3O2. The van der Waals surface area contributed by atoms with Crippen LogP contribution in [0, 0.1) is 6.92 Å². The number of benzene rings is 2. The number of carbonyl (C=O) groups is 1. The first-order valence-corrected chi connectivity index (χ1v) is 9.33. The molecule has 1 aliphatic rings. The maximum absolute atomic E-state index is 12.2. The van der Waals surface area contributed by atoms with Gasteiger partial charge in [-0.2, -0.15) is 0 Å². The van der Waals surface area contributed by atoms with E-state index in [9.17, 15) is 4.79 Å². The molecule has 2 aromatic carbocycles. The summed E-state index contributed by atoms with van der Waals surface area (Å²) in [6, 6.07) is 17.6. The number of hydrogen-bond donors (Lipinski definition) is 1. The van der Waals surface area contributed by atoms with Crippen LogP contribution in [0.25, 0.3) is 10.9 Å². The minimum atomic E-state index is -0.188. The molecule has 0 unspecified atom stereocenters. The van der Waals surface area contributed by atoms with Crippen molar-refractivity contribution in [2.45, 2.75) is 19.8 Å². The summed E-state index contributed by atoms with van der Waals surface area (Å²) >= 11 is 0. The van der Waals surface area contributed by atoms with Gasteiger partial charge in [0, 0.05) is 24.2 Å². The van der Waals surface area contributed by atoms with Gasteiger partial charge in [0.05, 0.1) is 0 Å². The number of nitrogens with one attached hydrogen (secondary N) is 1. The number of ether oxygens (including phenoxy) is 1. The van der Waals surface area contributed by atoms with E-state index in [1.165, 1.54) is 12.8 Å². The van der Waals surface area contributed by atoms with Crippen molar-refractivity contribution in [1.29, 1.82) is 0 Å². The van der Waals surface area contributed by atoms with Crippen molar-refractivity contribution in [3.05, 3.63) is 60.2 Å². The van der Waals surface area contributed by atoms with E-state index in [2.05, 4.69) is 22.3 Å². The first kappa shape index (κ1) is 17.3. The van der Waals surface area contributed by atoms with Crippen molar-refractivity contribution in [2.24, 2.45) is 0 Å². The molecule has 3 aromatic rings. The predicted molar refractivity (Wildman–Crippen MR) is 108 cm³/mol. The van der Waals surface area contributed by atoms with Gasteiger partial charge in [0.1, 0.15) is 17.1 Å². The molecule has 2 heterocycles. The quantitative estimate of drug-likeness (QED) is 0.741. The summed E-state index contributed by atoms with van der Waals surface area (Å²) in [5, 5.41) is 3.86. The molecule has 1 amide bonds. The van der Waals surface area contributed by atoms with E-state index in [4.69, 9.17) is 9.72 Å². The zero-order chi connectivity index (χ0) is 18.6. The van der Waals surface area contributed by atoms with Crippen LogP contribution < -0.4 is 15.0 Å². The molecule has 1 fully saturated rings. The van der Waals surface area contributed by atoms with Crippen molar-refractivity contribution in [1.82, 2.24) is 4.98 Å². The summed E-state index contributed by atoms with van der Waals surface area (Å²) in [5.74, 6) is 1.42. The van der Waals surface area contributed by atoms with E-state index < -0.39 is 0 Å². The molecule has 0 radical (unpaired) electrons. The molecule has 5 heteroatoms. The lowest BCUT2D eigenvalue weighted by Crippen LogP contribution is -2.20. The van der Waals surface area contributed by atoms with Crippen LogP contribution in [-0.2, 0) is 4.79 Å². The topological polar surface area (TPSA) is 54.5 Å². The molecule has 138 valence electrons. The Morgan fingerprint density at radius 1 is 1.07 bits per heavy atom. The van der Waals surface area contributed by atoms with Crippen LogP contribution in [0.4, 0.5) is 11.5 Å². The SMILES string of the molecule is Cc1ccc(NC(=O)COc2cccc3ccc(N4CCCC4)nc23)cc1. The van der Waals surface area contributed by atoms with Crippen LogP contribution in [0.1, 0.15) is 18.4 Å². The number of anilines is 2. The first-order valence-electron chi connectivity index (χ1n) is 9.33. The normalized spacial score (nSPS) is 13.7. The summed E-state index contributed by atoms with van der Waals surface area (Å²) < 4.78 is 5.80. The zero-order valence-corrected chi connectivity index (χ0v) is 15.4. The van der Waals surface area contributed by atoms with Crippen LogP contribution in [0.15, 0.2) is 54.6 Å². The monoisotopic (exact) mass is 361 g/mol. The number of aryl methyl sites for hydroxylation is 1. The van der Waals surface area contributed by atoms with Gasteiger partial charge in [-0.3, -0.25) is 4.79 Å². The highest BCUT2D eigenvalue weighted by Gasteiger charge is 2.15. The van der Waals surface area contributed by atoms with Gasteiger partial charge in [-0.1, -0.05) is 29.8 Å². The van der Waals surface area contributed by atoms with Crippen molar-refractivity contribution in [3.8, 4) is 5.75 Å². The highest BCUT2D eigenvalue weighted by molar-refractivity contribution is 5.92. The fraction of sp³-hybridized carbons (Fsp3) is 0.273. The number of para-hydroxylation sites is 1. The number of aromatic nitrogens is 1. The predicted octanol–water partition coefficient (Wildman–Crippen LogP) is 4.16. The maximum atomic E-state index is 12.2. The lowest BCUT2D eigenvalue weighted by atomic mass is 10.2. The Morgan fingerprint density at radius 3 is 2.63 bits per heavy atom. The number of carbonyl (C=O) groups excluding carboxylic acids is 1. The minimum absolute atomic E-state index is 0.0530. The molecule has 0 bridgehead atoms. The van der Waals surface area contributed by atoms with Gasteiger partial charge < -0.3 is 15.0 Å². The number of rotatable bonds is 5. The number of fused-ring (bicyclic) bond motifs is 1. The molecule has 0 spiro atoms. The summed E-state index contributed by atoms with van der Waals surface area (Å²) in [6.07, 6.45) is 2.41. The Balaban J connectivity index is 1.48. The van der Waals surface area contributed by atoms with Gasteiger partial charge in [0.2, 0.25) is 0 Å². The molecule has 1 saturated heterocycles. The third kappa shape index (κ3) is 4.03. The maximum Gasteiger partial charge on any atom is 0.262 e. The zero-order valence-electron chi connectivity index (χ0n) is 15.4. The van der Waals surface area contributed by atoms with E-state index in [1.54, 1.807) is 0 Å². The second kappa shape index (κ2) is 7.66. The van der Waals surface area contributed by atoms with E-state index in [1.807, 2.05) is 49.4 Å². The van der Waals surface area contributed by atoms with Crippen LogP contribution in [-0.4, -0.2) is 30.6 Å². The average molecular weight is 361 g/mol. The fourth-order valence-corrected chi connectivity index (χ4v) is 3.33. The number of hydrogen-bond acceptors (Lipinski definition) is 4. The third-order valence-electron chi connectivity index (χ3n) is 4.79. The first-order chi connectivity index (χ1) is 13.2. The van der Waals surface area contributed by atoms with Crippen LogP contribution in [0.5, 0.6) is 5.75 Å². The molecule has 1 N–H and O–H groups in total. The lowest BCUT2D eigenvalue weighted by molar-refractivity contribution is -0.118. The van der Waals surface area contributed by atoms with Crippen molar-refractivity contribution in [2.75, 3.05) is 29.9 Å². The molecule has 27 heavy (non-hydrogen) atoms. The molecular weight excluding hydrogens is 338 g/mol. The van der Waals surface area contributed by atoms with E-state index in [0.29, 0.717) is 5.75 Å². The second-order valence-electron chi connectivity index (χ2n) is 6.89. The molecule has 0 aliphatic carbocycles. The summed E-state index contributed by atoms with van der Waals surface area (Å²) in [6.45, 7) is 4.04. The Morgan fingerprint density at radius 2 is 1.85 bits per heavy atom. The molecule has 5 nitrogen and oxygen atoms in total. The highest BCUT2D eigenvalue weighted by atomic mass is 16.5. The van der Waals surface area contributed by atoms with E-state index >= 15 is 0 Å². The van der Waals surface area contributed by atoms with Crippen molar-refractivity contribution in [3.63, 3.8) is 0 Å². The van der Waals surface area contributed by atoms with E-state index in [-0.39, 0.29) is 12.5 Å². The Kier molecular flexibility index (Phi) is 4.92. The highest BCUT2D eigenvalue weighted by Crippen LogP contribution is 2.27. The van der Waals surface area contributed by atoms with E-state index in [0.717, 1.165) is 41.1 Å². The number of amides is 1. The summed E-state index contributed by atoms with van der Waals surface area (Å²) in [4.78, 5) is 19.3. The van der Waals surface area contributed by atoms with Crippen molar-refractivity contribution < 1.29 is 9.53 Å². The fourth-order valence-electron chi connectivity index (χ4n) is 3.33. The molecule has 1 aliphatic heterocycles. The van der Waals surface area contributed by atoms with Crippen LogP contribution >= 0.6 is 0 Å². The lowest BCUT2D eigenvalue weighted by Gasteiger charge is -2.17. The average Bonchev–Trinajstić information content (AvgIpc) is 3.22. The Labute approximate surface area is 159 Å². The molecule has 4 rings (SSSR count). The van der Waals surface area contributed by atoms with Gasteiger partial charge >= 0.3 is 0 Å². The third-order valence-corrected chi connectivity index (χ3v) is 4.79. The van der Waals surface area contributed by atoms with Gasteiger partial charge in [-0.15, -0.1) is 0 Å². The van der Waals surface area contributed by atoms with Crippen LogP contribution in [0.2, 0.25) is 0 Å². The van der Waals surface area contributed by atoms with Gasteiger partial charge in [0.25, 0.3) is 5.91 Å². The van der Waals surface area contributed by atoms with Gasteiger partial charge in [0.15, 0.2) is 6.61 Å². The van der Waals surface area contributed by atoms with Gasteiger partial charge in [-0.05, 0) is 50.1 Å². The Hall–Kier alpha value is -3.08. The summed E-state index contributed by atoms with van der Waals surface area (Å²) in [7, 11) is 0. The van der Waals surface area contributed by atoms with Crippen LogP contribution in [0.3, 0.4) is 0 Å². The minimum Gasteiger partial charge on any atom is -0.481 e. The number of pyridine rings is 1. The molecule has 1 aromatic heterocycles. The second-order valence-corrected chi connectivity index (χ2v) is 6.89. The van der Waals surface area contributed by atoms with Crippen molar-refractivity contribution >= 4 is 28.3 Å². The molecule has 0 saturated carbocycles. The Bertz CT molecular complexity index is 947. The summed E-state index contributed by atoms with van der Waals surface area (Å²) in [5.41, 5.74) is 2.71. The van der Waals surface area contributed by atoms with Gasteiger partial charge in [-0.25, -0.2) is 4.98 Å². The standard InChI is InChI=1S/C22H23N3O2/c1-16-7-10-18(11-8-16)23-21(26)15-27-19-6-4-5-17-9-12-20(24-22(17)19)25-13-2-3-14-25/h4-12H,2-3,13-15H2,1H3,(H,23,26). The number of nitrogens with zero attached hydrogens (tertiary/aromatic N) is 2.